The second-order valence-corrected chi connectivity index (χ2v) is 5.58. The summed E-state index contributed by atoms with van der Waals surface area (Å²) in [6.45, 7) is 1.96. The molecule has 1 atom stereocenters. The van der Waals surface area contributed by atoms with E-state index >= 15 is 0 Å². The van der Waals surface area contributed by atoms with E-state index in [4.69, 9.17) is 37.4 Å². The van der Waals surface area contributed by atoms with Gasteiger partial charge in [-0.25, -0.2) is 4.79 Å². The Morgan fingerprint density at radius 1 is 1.35 bits per heavy atom. The monoisotopic (exact) mass is 359 g/mol. The first-order valence-corrected chi connectivity index (χ1v) is 7.59. The van der Waals surface area contributed by atoms with Gasteiger partial charge in [0.1, 0.15) is 19.5 Å². The average Bonchev–Trinajstić information content (AvgIpc) is 2.53. The molecule has 0 saturated carbocycles. The quantitative estimate of drug-likeness (QED) is 0.818. The van der Waals surface area contributed by atoms with Crippen LogP contribution in [-0.4, -0.2) is 31.7 Å². The van der Waals surface area contributed by atoms with Crippen LogP contribution in [0, 0.1) is 0 Å². The summed E-state index contributed by atoms with van der Waals surface area (Å²) in [6.07, 6.45) is 1.17. The summed E-state index contributed by atoms with van der Waals surface area (Å²) < 4.78 is 14.8. The summed E-state index contributed by atoms with van der Waals surface area (Å²) in [5, 5.41) is 3.63. The minimum atomic E-state index is -0.753. The maximum absolute atomic E-state index is 11.8. The molecule has 1 aliphatic rings. The molecule has 1 N–H and O–H groups in total. The fourth-order valence-electron chi connectivity index (χ4n) is 1.89. The molecule has 1 amide bonds. The molecule has 0 radical (unpaired) electrons. The molecule has 8 heteroatoms. The summed E-state index contributed by atoms with van der Waals surface area (Å²) in [6, 6.07) is 4.63. The van der Waals surface area contributed by atoms with Crippen LogP contribution in [0.3, 0.4) is 0 Å². The van der Waals surface area contributed by atoms with Crippen molar-refractivity contribution in [2.45, 2.75) is 13.0 Å². The first-order valence-electron chi connectivity index (χ1n) is 6.83. The number of amides is 1. The number of carbonyl (C=O) groups excluding carboxylic acids is 2. The zero-order valence-electron chi connectivity index (χ0n) is 12.3. The van der Waals surface area contributed by atoms with E-state index in [2.05, 4.69) is 5.32 Å². The molecule has 0 unspecified atom stereocenters. The Morgan fingerprint density at radius 3 is 2.78 bits per heavy atom. The first kappa shape index (κ1) is 17.4. The molecular weight excluding hydrogens is 345 g/mol. The van der Waals surface area contributed by atoms with Gasteiger partial charge in [-0.2, -0.15) is 0 Å². The highest BCUT2D eigenvalue weighted by atomic mass is 35.5. The molecule has 124 valence electrons. The van der Waals surface area contributed by atoms with Gasteiger partial charge in [0.2, 0.25) is 5.76 Å². The molecule has 6 nitrogen and oxygen atoms in total. The predicted octanol–water partition coefficient (Wildman–Crippen LogP) is 2.60. The van der Waals surface area contributed by atoms with Crippen molar-refractivity contribution in [3.8, 4) is 0 Å². The van der Waals surface area contributed by atoms with Crippen LogP contribution in [0.15, 0.2) is 30.2 Å². The summed E-state index contributed by atoms with van der Waals surface area (Å²) in [7, 11) is 0. The van der Waals surface area contributed by atoms with Crippen molar-refractivity contribution in [1.29, 1.82) is 0 Å². The second kappa shape index (κ2) is 8.08. The number of benzene rings is 1. The van der Waals surface area contributed by atoms with E-state index < -0.39 is 18.5 Å². The number of carbonyl (C=O) groups is 2. The number of ether oxygens (including phenoxy) is 3. The SMILES string of the molecule is C[C@H](NC(=O)COC(=O)C1=COCCO1)c1ccc(Cl)cc1Cl. The van der Waals surface area contributed by atoms with Crippen LogP contribution in [0.25, 0.3) is 0 Å². The minimum Gasteiger partial charge on any atom is -0.493 e. The topological polar surface area (TPSA) is 73.9 Å². The second-order valence-electron chi connectivity index (χ2n) is 4.73. The number of nitrogens with one attached hydrogen (secondary N) is 1. The van der Waals surface area contributed by atoms with Gasteiger partial charge in [-0.05, 0) is 24.6 Å². The highest BCUT2D eigenvalue weighted by Crippen LogP contribution is 2.25. The largest absolute Gasteiger partial charge is 0.493 e. The predicted molar refractivity (Wildman–Crippen MR) is 84.0 cm³/mol. The van der Waals surface area contributed by atoms with Crippen molar-refractivity contribution < 1.29 is 23.8 Å². The Kier molecular flexibility index (Phi) is 6.12. The molecule has 1 aliphatic heterocycles. The molecule has 0 saturated heterocycles. The molecule has 2 rings (SSSR count). The molecule has 1 aromatic rings. The van der Waals surface area contributed by atoms with Gasteiger partial charge >= 0.3 is 5.97 Å². The highest BCUT2D eigenvalue weighted by Gasteiger charge is 2.19. The van der Waals surface area contributed by atoms with E-state index in [9.17, 15) is 9.59 Å². The van der Waals surface area contributed by atoms with Crippen LogP contribution >= 0.6 is 23.2 Å². The third kappa shape index (κ3) is 5.04. The number of hydrogen-bond donors (Lipinski definition) is 1. The standard InChI is InChI=1S/C15H15Cl2NO5/c1-9(11-3-2-10(16)6-12(11)17)18-14(19)8-23-15(20)13-7-21-4-5-22-13/h2-3,6-7,9H,4-5,8H2,1H3,(H,18,19)/t9-/m0/s1. The molecule has 23 heavy (non-hydrogen) atoms. The minimum absolute atomic E-state index is 0.0576. The third-order valence-electron chi connectivity index (χ3n) is 2.99. The van der Waals surface area contributed by atoms with Crippen LogP contribution in [0.2, 0.25) is 10.0 Å². The Morgan fingerprint density at radius 2 is 2.13 bits per heavy atom. The van der Waals surface area contributed by atoms with E-state index in [-0.39, 0.29) is 18.4 Å². The normalized spacial score (nSPS) is 14.8. The van der Waals surface area contributed by atoms with Crippen molar-refractivity contribution in [2.24, 2.45) is 0 Å². The van der Waals surface area contributed by atoms with Crippen molar-refractivity contribution in [3.63, 3.8) is 0 Å². The maximum Gasteiger partial charge on any atom is 0.377 e. The zero-order valence-corrected chi connectivity index (χ0v) is 13.8. The van der Waals surface area contributed by atoms with Crippen LogP contribution in [0.1, 0.15) is 18.5 Å². The first-order chi connectivity index (χ1) is 11.0. The van der Waals surface area contributed by atoms with Crippen LogP contribution < -0.4 is 5.32 Å². The van der Waals surface area contributed by atoms with Gasteiger partial charge in [0, 0.05) is 10.0 Å². The van der Waals surface area contributed by atoms with Crippen molar-refractivity contribution in [1.82, 2.24) is 5.32 Å². The summed E-state index contributed by atoms with van der Waals surface area (Å²) in [4.78, 5) is 23.5. The number of hydrogen-bond acceptors (Lipinski definition) is 5. The molecule has 0 bridgehead atoms. The smallest absolute Gasteiger partial charge is 0.377 e. The summed E-state index contributed by atoms with van der Waals surface area (Å²) in [5.41, 5.74) is 0.711. The third-order valence-corrected chi connectivity index (χ3v) is 3.55. The summed E-state index contributed by atoms with van der Waals surface area (Å²) in [5.74, 6) is -1.27. The average molecular weight is 360 g/mol. The van der Waals surface area contributed by atoms with Crippen LogP contribution in [0.5, 0.6) is 0 Å². The fourth-order valence-corrected chi connectivity index (χ4v) is 2.46. The number of halogens is 2. The molecule has 0 aliphatic carbocycles. The molecule has 0 spiro atoms. The Balaban J connectivity index is 1.84. The van der Waals surface area contributed by atoms with Gasteiger partial charge in [0.15, 0.2) is 6.61 Å². The van der Waals surface area contributed by atoms with Gasteiger partial charge in [0.25, 0.3) is 5.91 Å². The Hall–Kier alpha value is -1.92. The van der Waals surface area contributed by atoms with Gasteiger partial charge in [0.05, 0.1) is 6.04 Å². The van der Waals surface area contributed by atoms with Crippen molar-refractivity contribution >= 4 is 35.1 Å². The van der Waals surface area contributed by atoms with Crippen molar-refractivity contribution in [2.75, 3.05) is 19.8 Å². The van der Waals surface area contributed by atoms with E-state index in [0.717, 1.165) is 0 Å². The lowest BCUT2D eigenvalue weighted by molar-refractivity contribution is -0.149. The van der Waals surface area contributed by atoms with E-state index in [1.807, 2.05) is 0 Å². The molecule has 0 fully saturated rings. The lowest BCUT2D eigenvalue weighted by Crippen LogP contribution is -2.31. The molecular formula is C15H15Cl2NO5. The number of rotatable bonds is 5. The molecule has 1 heterocycles. The van der Waals surface area contributed by atoms with Gasteiger partial charge in [-0.3, -0.25) is 4.79 Å². The molecule has 0 aromatic heterocycles. The lowest BCUT2D eigenvalue weighted by atomic mass is 10.1. The van der Waals surface area contributed by atoms with E-state index in [0.29, 0.717) is 22.2 Å². The summed E-state index contributed by atoms with van der Waals surface area (Å²) >= 11 is 11.9. The van der Waals surface area contributed by atoms with Gasteiger partial charge in [-0.15, -0.1) is 0 Å². The van der Waals surface area contributed by atoms with Gasteiger partial charge in [-0.1, -0.05) is 29.3 Å². The van der Waals surface area contributed by atoms with E-state index in [1.54, 1.807) is 25.1 Å². The van der Waals surface area contributed by atoms with Crippen molar-refractivity contribution in [3.05, 3.63) is 45.8 Å². The van der Waals surface area contributed by atoms with Gasteiger partial charge < -0.3 is 19.5 Å². The number of esters is 1. The zero-order chi connectivity index (χ0) is 16.8. The Bertz CT molecular complexity index is 632. The fraction of sp³-hybridized carbons (Fsp3) is 0.333. The Labute approximate surface area is 143 Å². The van der Waals surface area contributed by atoms with E-state index in [1.165, 1.54) is 6.26 Å². The van der Waals surface area contributed by atoms with Crippen LogP contribution in [-0.2, 0) is 23.8 Å². The molecule has 1 aromatic carbocycles. The highest BCUT2D eigenvalue weighted by molar-refractivity contribution is 6.35. The lowest BCUT2D eigenvalue weighted by Gasteiger charge is -2.17. The van der Waals surface area contributed by atoms with Crippen LogP contribution in [0.4, 0.5) is 0 Å². The maximum atomic E-state index is 11.8.